The maximum Gasteiger partial charge on any atom is 0.167 e. The van der Waals surface area contributed by atoms with Crippen molar-refractivity contribution < 1.29 is 9.13 Å². The van der Waals surface area contributed by atoms with Gasteiger partial charge in [-0.1, -0.05) is 30.3 Å². The largest absolute Gasteiger partial charge is 0.494 e. The van der Waals surface area contributed by atoms with E-state index in [1.54, 1.807) is 12.3 Å². The molecule has 0 saturated heterocycles. The molecule has 4 aromatic rings. The molecule has 0 amide bonds. The van der Waals surface area contributed by atoms with E-state index in [0.29, 0.717) is 23.3 Å². The summed E-state index contributed by atoms with van der Waals surface area (Å²) in [6, 6.07) is 13.3. The van der Waals surface area contributed by atoms with Crippen molar-refractivity contribution in [1.29, 1.82) is 0 Å². The van der Waals surface area contributed by atoms with Crippen LogP contribution in [0, 0.1) is 5.82 Å². The summed E-state index contributed by atoms with van der Waals surface area (Å²) in [7, 11) is 1.44. The lowest BCUT2D eigenvalue weighted by Crippen LogP contribution is -2.11. The normalized spacial score (nSPS) is 10.9. The lowest BCUT2D eigenvalue weighted by molar-refractivity contribution is 0.387. The Balaban J connectivity index is 1.50. The minimum Gasteiger partial charge on any atom is -0.494 e. The van der Waals surface area contributed by atoms with Crippen LogP contribution in [-0.4, -0.2) is 26.6 Å². The average Bonchev–Trinajstić information content (AvgIpc) is 3.18. The summed E-state index contributed by atoms with van der Waals surface area (Å²) >= 11 is 0. The SMILES string of the molecule is COc1cc2c(NCc3nccn3CCc3ccccc3)ncnc2cc1F. The maximum atomic E-state index is 13.9. The molecule has 2 heterocycles. The van der Waals surface area contributed by atoms with E-state index in [2.05, 4.69) is 37.0 Å². The number of methoxy groups -OCH3 is 1. The number of anilines is 1. The van der Waals surface area contributed by atoms with Gasteiger partial charge in [0.05, 0.1) is 19.2 Å². The summed E-state index contributed by atoms with van der Waals surface area (Å²) in [4.78, 5) is 12.9. The molecule has 0 radical (unpaired) electrons. The molecule has 0 atom stereocenters. The first kappa shape index (κ1) is 17.9. The van der Waals surface area contributed by atoms with Gasteiger partial charge in [-0.05, 0) is 18.1 Å². The van der Waals surface area contributed by atoms with E-state index in [-0.39, 0.29) is 5.75 Å². The number of aromatic nitrogens is 4. The van der Waals surface area contributed by atoms with Crippen molar-refractivity contribution in [2.75, 3.05) is 12.4 Å². The molecule has 0 unspecified atom stereocenters. The number of aryl methyl sites for hydroxylation is 2. The molecule has 6 nitrogen and oxygen atoms in total. The summed E-state index contributed by atoms with van der Waals surface area (Å²) in [6.07, 6.45) is 6.10. The van der Waals surface area contributed by atoms with Crippen LogP contribution in [-0.2, 0) is 19.5 Å². The first-order valence-corrected chi connectivity index (χ1v) is 9.00. The molecular weight excluding hydrogens is 357 g/mol. The standard InChI is InChI=1S/C21H20FN5O/c1-28-19-11-16-18(12-17(19)22)25-14-26-21(16)24-13-20-23-8-10-27(20)9-7-15-5-3-2-4-6-15/h2-6,8,10-12,14H,7,9,13H2,1H3,(H,24,25,26). The molecule has 28 heavy (non-hydrogen) atoms. The predicted molar refractivity (Wildman–Crippen MR) is 106 cm³/mol. The van der Waals surface area contributed by atoms with E-state index in [9.17, 15) is 4.39 Å². The fraction of sp³-hybridized carbons (Fsp3) is 0.190. The number of fused-ring (bicyclic) bond motifs is 1. The van der Waals surface area contributed by atoms with Gasteiger partial charge in [0.15, 0.2) is 11.6 Å². The lowest BCUT2D eigenvalue weighted by atomic mass is 10.1. The van der Waals surface area contributed by atoms with Gasteiger partial charge in [0.1, 0.15) is 18.0 Å². The number of rotatable bonds is 7. The van der Waals surface area contributed by atoms with Crippen molar-refractivity contribution in [3.05, 3.63) is 78.4 Å². The summed E-state index contributed by atoms with van der Waals surface area (Å²) in [5.41, 5.74) is 1.80. The van der Waals surface area contributed by atoms with E-state index in [1.807, 2.05) is 24.4 Å². The van der Waals surface area contributed by atoms with E-state index in [1.165, 1.54) is 25.1 Å². The van der Waals surface area contributed by atoms with Crippen molar-refractivity contribution in [3.8, 4) is 5.75 Å². The summed E-state index contributed by atoms with van der Waals surface area (Å²) in [5, 5.41) is 3.98. The third kappa shape index (κ3) is 3.78. The number of hydrogen-bond donors (Lipinski definition) is 1. The van der Waals surface area contributed by atoms with Crippen LogP contribution in [0.1, 0.15) is 11.4 Å². The van der Waals surface area contributed by atoms with Crippen molar-refractivity contribution in [1.82, 2.24) is 19.5 Å². The molecule has 1 N–H and O–H groups in total. The Kier molecular flexibility index (Phi) is 5.14. The molecule has 0 aliphatic carbocycles. The molecule has 0 bridgehead atoms. The van der Waals surface area contributed by atoms with Crippen LogP contribution in [0.5, 0.6) is 5.75 Å². The number of benzene rings is 2. The van der Waals surface area contributed by atoms with Gasteiger partial charge in [0.2, 0.25) is 0 Å². The Morgan fingerprint density at radius 3 is 2.79 bits per heavy atom. The fourth-order valence-corrected chi connectivity index (χ4v) is 3.12. The van der Waals surface area contributed by atoms with Gasteiger partial charge in [-0.15, -0.1) is 0 Å². The molecule has 2 aromatic heterocycles. The Bertz CT molecular complexity index is 1080. The highest BCUT2D eigenvalue weighted by atomic mass is 19.1. The highest BCUT2D eigenvalue weighted by Crippen LogP contribution is 2.27. The minimum atomic E-state index is -0.448. The Labute approximate surface area is 162 Å². The van der Waals surface area contributed by atoms with Gasteiger partial charge in [-0.25, -0.2) is 19.3 Å². The number of imidazole rings is 1. The number of hydrogen-bond acceptors (Lipinski definition) is 5. The van der Waals surface area contributed by atoms with Crippen LogP contribution >= 0.6 is 0 Å². The number of nitrogens with zero attached hydrogens (tertiary/aromatic N) is 4. The molecule has 0 aliphatic rings. The molecule has 7 heteroatoms. The van der Waals surface area contributed by atoms with Crippen molar-refractivity contribution in [2.24, 2.45) is 0 Å². The molecular formula is C21H20FN5O. The van der Waals surface area contributed by atoms with E-state index in [0.717, 1.165) is 18.8 Å². The van der Waals surface area contributed by atoms with Crippen LogP contribution in [0.2, 0.25) is 0 Å². The van der Waals surface area contributed by atoms with E-state index in [4.69, 9.17) is 4.74 Å². The second-order valence-electron chi connectivity index (χ2n) is 6.35. The zero-order valence-electron chi connectivity index (χ0n) is 15.5. The number of halogens is 1. The molecule has 0 fully saturated rings. The zero-order chi connectivity index (χ0) is 19.3. The maximum absolute atomic E-state index is 13.9. The van der Waals surface area contributed by atoms with Gasteiger partial charge in [-0.2, -0.15) is 0 Å². The average molecular weight is 377 g/mol. The Morgan fingerprint density at radius 2 is 1.96 bits per heavy atom. The predicted octanol–water partition coefficient (Wildman–Crippen LogP) is 3.83. The molecule has 0 aliphatic heterocycles. The smallest absolute Gasteiger partial charge is 0.167 e. The first-order chi connectivity index (χ1) is 13.7. The van der Waals surface area contributed by atoms with Gasteiger partial charge in [-0.3, -0.25) is 0 Å². The van der Waals surface area contributed by atoms with Crippen molar-refractivity contribution in [2.45, 2.75) is 19.5 Å². The molecule has 2 aromatic carbocycles. The fourth-order valence-electron chi connectivity index (χ4n) is 3.12. The first-order valence-electron chi connectivity index (χ1n) is 9.00. The lowest BCUT2D eigenvalue weighted by Gasteiger charge is -2.11. The summed E-state index contributed by atoms with van der Waals surface area (Å²) in [5.74, 6) is 1.23. The number of nitrogens with one attached hydrogen (secondary N) is 1. The molecule has 0 spiro atoms. The summed E-state index contributed by atoms with van der Waals surface area (Å²) in [6.45, 7) is 1.33. The second kappa shape index (κ2) is 8.04. The zero-order valence-corrected chi connectivity index (χ0v) is 15.5. The minimum absolute atomic E-state index is 0.162. The monoisotopic (exact) mass is 377 g/mol. The van der Waals surface area contributed by atoms with Gasteiger partial charge >= 0.3 is 0 Å². The van der Waals surface area contributed by atoms with Crippen LogP contribution in [0.3, 0.4) is 0 Å². The second-order valence-corrected chi connectivity index (χ2v) is 6.35. The van der Waals surface area contributed by atoms with Gasteiger partial charge in [0, 0.05) is 30.4 Å². The highest BCUT2D eigenvalue weighted by molar-refractivity contribution is 5.90. The molecule has 142 valence electrons. The van der Waals surface area contributed by atoms with Crippen molar-refractivity contribution in [3.63, 3.8) is 0 Å². The topological polar surface area (TPSA) is 64.9 Å². The highest BCUT2D eigenvalue weighted by Gasteiger charge is 2.11. The third-order valence-corrected chi connectivity index (χ3v) is 4.61. The van der Waals surface area contributed by atoms with E-state index < -0.39 is 5.82 Å². The van der Waals surface area contributed by atoms with Crippen LogP contribution in [0.4, 0.5) is 10.2 Å². The Morgan fingerprint density at radius 1 is 1.11 bits per heavy atom. The molecule has 4 rings (SSSR count). The van der Waals surface area contributed by atoms with Crippen LogP contribution < -0.4 is 10.1 Å². The molecule has 0 saturated carbocycles. The van der Waals surface area contributed by atoms with Crippen LogP contribution in [0.15, 0.2) is 61.2 Å². The van der Waals surface area contributed by atoms with Crippen molar-refractivity contribution >= 4 is 16.7 Å². The van der Waals surface area contributed by atoms with Gasteiger partial charge in [0.25, 0.3) is 0 Å². The summed E-state index contributed by atoms with van der Waals surface area (Å²) < 4.78 is 21.1. The van der Waals surface area contributed by atoms with Gasteiger partial charge < -0.3 is 14.6 Å². The van der Waals surface area contributed by atoms with E-state index >= 15 is 0 Å². The third-order valence-electron chi connectivity index (χ3n) is 4.61. The van der Waals surface area contributed by atoms with Crippen LogP contribution in [0.25, 0.3) is 10.9 Å². The Hall–Kier alpha value is -3.48. The quantitative estimate of drug-likeness (QED) is 0.530. The number of ether oxygens (including phenoxy) is 1.